The van der Waals surface area contributed by atoms with Crippen molar-refractivity contribution in [2.75, 3.05) is 24.2 Å². The predicted molar refractivity (Wildman–Crippen MR) is 64.3 cm³/mol. The number of hydrogen-bond donors (Lipinski definition) is 1. The molecule has 1 aromatic rings. The van der Waals surface area contributed by atoms with E-state index in [4.69, 9.17) is 5.73 Å². The lowest BCUT2D eigenvalue weighted by Gasteiger charge is -2.35. The van der Waals surface area contributed by atoms with Crippen molar-refractivity contribution in [3.63, 3.8) is 0 Å². The van der Waals surface area contributed by atoms with Crippen molar-refractivity contribution in [2.45, 2.75) is 17.9 Å². The lowest BCUT2D eigenvalue weighted by atomic mass is 10.1. The van der Waals surface area contributed by atoms with E-state index in [1.54, 1.807) is 12.1 Å². The highest BCUT2D eigenvalue weighted by molar-refractivity contribution is 7.90. The van der Waals surface area contributed by atoms with Gasteiger partial charge in [-0.15, -0.1) is 0 Å². The zero-order valence-electron chi connectivity index (χ0n) is 9.31. The van der Waals surface area contributed by atoms with Gasteiger partial charge in [0.15, 0.2) is 9.84 Å². The van der Waals surface area contributed by atoms with Gasteiger partial charge in [0.05, 0.1) is 4.90 Å². The highest BCUT2D eigenvalue weighted by Gasteiger charge is 2.21. The second-order valence-electron chi connectivity index (χ2n) is 4.07. The smallest absolute Gasteiger partial charge is 0.175 e. The highest BCUT2D eigenvalue weighted by atomic mass is 32.2. The van der Waals surface area contributed by atoms with Crippen LogP contribution in [0.1, 0.15) is 12.0 Å². The summed E-state index contributed by atoms with van der Waals surface area (Å²) in [5, 5.41) is 0. The molecule has 16 heavy (non-hydrogen) atoms. The first-order valence-corrected chi connectivity index (χ1v) is 7.20. The normalized spacial score (nSPS) is 16.0. The third kappa shape index (κ3) is 1.92. The van der Waals surface area contributed by atoms with Crippen LogP contribution < -0.4 is 10.6 Å². The van der Waals surface area contributed by atoms with E-state index in [0.717, 1.165) is 30.8 Å². The topological polar surface area (TPSA) is 63.4 Å². The fourth-order valence-corrected chi connectivity index (χ4v) is 2.92. The van der Waals surface area contributed by atoms with Crippen LogP contribution in [-0.4, -0.2) is 27.8 Å². The summed E-state index contributed by atoms with van der Waals surface area (Å²) >= 11 is 0. The molecule has 0 saturated carbocycles. The van der Waals surface area contributed by atoms with Crippen LogP contribution in [0, 0.1) is 0 Å². The van der Waals surface area contributed by atoms with Crippen LogP contribution in [0.3, 0.4) is 0 Å². The molecule has 1 saturated heterocycles. The Morgan fingerprint density at radius 3 is 2.50 bits per heavy atom. The van der Waals surface area contributed by atoms with Gasteiger partial charge in [-0.25, -0.2) is 8.42 Å². The second kappa shape index (κ2) is 4.07. The van der Waals surface area contributed by atoms with Gasteiger partial charge in [0.2, 0.25) is 0 Å². The summed E-state index contributed by atoms with van der Waals surface area (Å²) in [5.41, 5.74) is 7.38. The number of nitrogens with two attached hydrogens (primary N) is 1. The van der Waals surface area contributed by atoms with E-state index < -0.39 is 9.84 Å². The van der Waals surface area contributed by atoms with Crippen molar-refractivity contribution in [3.05, 3.63) is 23.8 Å². The third-order valence-corrected chi connectivity index (χ3v) is 4.09. The van der Waals surface area contributed by atoms with E-state index >= 15 is 0 Å². The van der Waals surface area contributed by atoms with E-state index in [1.165, 1.54) is 6.26 Å². The van der Waals surface area contributed by atoms with Crippen molar-refractivity contribution >= 4 is 15.5 Å². The Labute approximate surface area is 96.0 Å². The first kappa shape index (κ1) is 11.4. The fourth-order valence-electron chi connectivity index (χ4n) is 1.96. The van der Waals surface area contributed by atoms with Crippen molar-refractivity contribution in [1.82, 2.24) is 0 Å². The second-order valence-corrected chi connectivity index (χ2v) is 6.05. The van der Waals surface area contributed by atoms with E-state index in [2.05, 4.69) is 4.90 Å². The Kier molecular flexibility index (Phi) is 2.90. The van der Waals surface area contributed by atoms with Crippen molar-refractivity contribution in [1.29, 1.82) is 0 Å². The molecular formula is C11H16N2O2S. The standard InChI is InChI=1S/C11H16N2O2S/c1-16(14,15)11-5-2-4-10(9(11)8-12)13-6-3-7-13/h2,4-5H,3,6-8,12H2,1H3. The molecule has 5 heteroatoms. The molecule has 0 spiro atoms. The SMILES string of the molecule is CS(=O)(=O)c1cccc(N2CCC2)c1CN. The van der Waals surface area contributed by atoms with E-state index in [9.17, 15) is 8.42 Å². The molecule has 0 atom stereocenters. The third-order valence-electron chi connectivity index (χ3n) is 2.91. The Morgan fingerprint density at radius 2 is 2.06 bits per heavy atom. The van der Waals surface area contributed by atoms with Gasteiger partial charge in [-0.1, -0.05) is 6.07 Å². The van der Waals surface area contributed by atoms with Crippen LogP contribution in [0.15, 0.2) is 23.1 Å². The zero-order valence-corrected chi connectivity index (χ0v) is 10.1. The molecule has 0 unspecified atom stereocenters. The Hall–Kier alpha value is -1.07. The van der Waals surface area contributed by atoms with Crippen LogP contribution in [0.4, 0.5) is 5.69 Å². The molecule has 4 nitrogen and oxygen atoms in total. The molecule has 88 valence electrons. The number of hydrogen-bond acceptors (Lipinski definition) is 4. The average molecular weight is 240 g/mol. The minimum Gasteiger partial charge on any atom is -0.371 e. The molecular weight excluding hydrogens is 224 g/mol. The summed E-state index contributed by atoms with van der Waals surface area (Å²) in [4.78, 5) is 2.52. The molecule has 1 aliphatic rings. The van der Waals surface area contributed by atoms with Gasteiger partial charge in [0.25, 0.3) is 0 Å². The van der Waals surface area contributed by atoms with Crippen molar-refractivity contribution in [2.24, 2.45) is 5.73 Å². The van der Waals surface area contributed by atoms with Crippen molar-refractivity contribution in [3.8, 4) is 0 Å². The maximum Gasteiger partial charge on any atom is 0.175 e. The lowest BCUT2D eigenvalue weighted by Crippen LogP contribution is -2.38. The number of anilines is 1. The van der Waals surface area contributed by atoms with Crippen LogP contribution in [0.25, 0.3) is 0 Å². The molecule has 2 rings (SSSR count). The predicted octanol–water partition coefficient (Wildman–Crippen LogP) is 0.759. The summed E-state index contributed by atoms with van der Waals surface area (Å²) < 4.78 is 23.2. The zero-order chi connectivity index (χ0) is 11.8. The largest absolute Gasteiger partial charge is 0.371 e. The molecule has 0 bridgehead atoms. The van der Waals surface area contributed by atoms with Gasteiger partial charge >= 0.3 is 0 Å². The Morgan fingerprint density at radius 1 is 1.38 bits per heavy atom. The van der Waals surface area contributed by atoms with Gasteiger partial charge in [0, 0.05) is 37.1 Å². The van der Waals surface area contributed by atoms with Crippen LogP contribution in [0.5, 0.6) is 0 Å². The van der Waals surface area contributed by atoms with Gasteiger partial charge in [-0.3, -0.25) is 0 Å². The maximum absolute atomic E-state index is 11.6. The van der Waals surface area contributed by atoms with Gasteiger partial charge in [0.1, 0.15) is 0 Å². The molecule has 0 aliphatic carbocycles. The van der Waals surface area contributed by atoms with E-state index in [0.29, 0.717) is 4.90 Å². The minimum absolute atomic E-state index is 0.259. The number of benzene rings is 1. The monoisotopic (exact) mass is 240 g/mol. The minimum atomic E-state index is -3.19. The highest BCUT2D eigenvalue weighted by Crippen LogP contribution is 2.29. The summed E-state index contributed by atoms with van der Waals surface area (Å²) in [6.07, 6.45) is 2.38. The van der Waals surface area contributed by atoms with Gasteiger partial charge in [-0.2, -0.15) is 0 Å². The molecule has 1 heterocycles. The average Bonchev–Trinajstić information content (AvgIpc) is 2.13. The van der Waals surface area contributed by atoms with Gasteiger partial charge < -0.3 is 10.6 Å². The van der Waals surface area contributed by atoms with Crippen LogP contribution >= 0.6 is 0 Å². The summed E-state index contributed by atoms with van der Waals surface area (Å²) in [5.74, 6) is 0. The molecule has 0 radical (unpaired) electrons. The van der Waals surface area contributed by atoms with E-state index in [-0.39, 0.29) is 6.54 Å². The summed E-state index contributed by atoms with van der Waals surface area (Å²) in [6, 6.07) is 5.35. The van der Waals surface area contributed by atoms with Crippen LogP contribution in [-0.2, 0) is 16.4 Å². The first-order valence-electron chi connectivity index (χ1n) is 5.31. The number of rotatable bonds is 3. The fraction of sp³-hybridized carbons (Fsp3) is 0.455. The Bertz CT molecular complexity index is 493. The number of sulfone groups is 1. The van der Waals surface area contributed by atoms with Gasteiger partial charge in [-0.05, 0) is 18.6 Å². The molecule has 0 amide bonds. The lowest BCUT2D eigenvalue weighted by molar-refractivity contribution is 0.598. The van der Waals surface area contributed by atoms with Crippen LogP contribution in [0.2, 0.25) is 0 Å². The maximum atomic E-state index is 11.6. The molecule has 1 fully saturated rings. The first-order chi connectivity index (χ1) is 7.54. The number of nitrogens with zero attached hydrogens (tertiary/aromatic N) is 1. The molecule has 2 N–H and O–H groups in total. The Balaban J connectivity index is 2.54. The summed E-state index contributed by atoms with van der Waals surface area (Å²) in [7, 11) is -3.19. The van der Waals surface area contributed by atoms with Crippen molar-refractivity contribution < 1.29 is 8.42 Å². The quantitative estimate of drug-likeness (QED) is 0.847. The molecule has 1 aliphatic heterocycles. The molecule has 1 aromatic carbocycles. The summed E-state index contributed by atoms with van der Waals surface area (Å²) in [6.45, 7) is 2.23. The van der Waals surface area contributed by atoms with E-state index in [1.807, 2.05) is 6.07 Å². The molecule has 0 aromatic heterocycles.